The Morgan fingerprint density at radius 1 is 1.17 bits per heavy atom. The standard InChI is InChI=1S/C15H16ClF3N2OS/c1-14(2,3)23(22)21-13(15(17,18)19)9-4-5-10-8-20-12(16)7-11(10)6-9/h4-8,13,21H,1-3H3/t13-,23-/m1/s1. The molecule has 1 aromatic heterocycles. The monoisotopic (exact) mass is 364 g/mol. The van der Waals surface area contributed by atoms with E-state index in [0.29, 0.717) is 10.8 Å². The molecule has 2 rings (SSSR count). The van der Waals surface area contributed by atoms with E-state index in [2.05, 4.69) is 9.71 Å². The van der Waals surface area contributed by atoms with Gasteiger partial charge in [0.15, 0.2) is 6.04 Å². The van der Waals surface area contributed by atoms with Crippen molar-refractivity contribution in [3.8, 4) is 0 Å². The number of halogens is 4. The zero-order valence-electron chi connectivity index (χ0n) is 12.7. The number of nitrogens with one attached hydrogen (secondary N) is 1. The second kappa shape index (κ2) is 6.47. The van der Waals surface area contributed by atoms with Crippen LogP contribution in [0.5, 0.6) is 0 Å². The Morgan fingerprint density at radius 3 is 2.39 bits per heavy atom. The van der Waals surface area contributed by atoms with Crippen LogP contribution in [0.25, 0.3) is 10.8 Å². The Bertz CT molecular complexity index is 703. The summed E-state index contributed by atoms with van der Waals surface area (Å²) in [5.41, 5.74) is -0.0233. The smallest absolute Gasteiger partial charge is 0.412 e. The highest BCUT2D eigenvalue weighted by Crippen LogP contribution is 2.35. The molecule has 0 radical (unpaired) electrons. The fourth-order valence-corrected chi connectivity index (χ4v) is 2.92. The van der Waals surface area contributed by atoms with Crippen LogP contribution in [0, 0.1) is 0 Å². The van der Waals surface area contributed by atoms with Crippen LogP contribution < -0.4 is 4.72 Å². The van der Waals surface area contributed by atoms with Crippen LogP contribution in [0.4, 0.5) is 13.2 Å². The van der Waals surface area contributed by atoms with Crippen molar-refractivity contribution in [2.24, 2.45) is 0 Å². The lowest BCUT2D eigenvalue weighted by molar-refractivity contribution is -0.153. The third kappa shape index (κ3) is 4.50. The van der Waals surface area contributed by atoms with Crippen molar-refractivity contribution in [3.63, 3.8) is 0 Å². The van der Waals surface area contributed by atoms with E-state index in [4.69, 9.17) is 11.6 Å². The third-order valence-corrected chi connectivity index (χ3v) is 4.92. The number of aromatic nitrogens is 1. The van der Waals surface area contributed by atoms with Gasteiger partial charge in [0, 0.05) is 22.9 Å². The molecule has 0 aliphatic heterocycles. The van der Waals surface area contributed by atoms with Crippen molar-refractivity contribution in [1.29, 1.82) is 0 Å². The van der Waals surface area contributed by atoms with E-state index in [1.165, 1.54) is 30.5 Å². The van der Waals surface area contributed by atoms with E-state index in [1.54, 1.807) is 20.8 Å². The van der Waals surface area contributed by atoms with Gasteiger partial charge in [0.2, 0.25) is 0 Å². The molecule has 1 aromatic carbocycles. The number of hydrogen-bond acceptors (Lipinski definition) is 3. The van der Waals surface area contributed by atoms with Gasteiger partial charge < -0.3 is 4.55 Å². The van der Waals surface area contributed by atoms with Gasteiger partial charge in [-0.25, -0.2) is 4.98 Å². The fourth-order valence-electron chi connectivity index (χ4n) is 1.92. The molecule has 0 fully saturated rings. The van der Waals surface area contributed by atoms with Crippen molar-refractivity contribution in [1.82, 2.24) is 9.71 Å². The molecule has 1 N–H and O–H groups in total. The van der Waals surface area contributed by atoms with Crippen molar-refractivity contribution in [2.75, 3.05) is 0 Å². The summed E-state index contributed by atoms with van der Waals surface area (Å²) in [6, 6.07) is 3.73. The lowest BCUT2D eigenvalue weighted by Crippen LogP contribution is -2.45. The van der Waals surface area contributed by atoms with Gasteiger partial charge in [-0.15, -0.1) is 4.72 Å². The molecule has 0 aliphatic rings. The van der Waals surface area contributed by atoms with Crippen molar-refractivity contribution < 1.29 is 17.7 Å². The number of fused-ring (bicyclic) bond motifs is 1. The summed E-state index contributed by atoms with van der Waals surface area (Å²) in [5, 5.41) is 1.42. The first-order chi connectivity index (χ1) is 10.5. The molecule has 0 spiro atoms. The van der Waals surface area contributed by atoms with Gasteiger partial charge in [-0.1, -0.05) is 23.7 Å². The lowest BCUT2D eigenvalue weighted by atomic mass is 10.0. The van der Waals surface area contributed by atoms with E-state index in [0.717, 1.165) is 0 Å². The van der Waals surface area contributed by atoms with E-state index in [-0.39, 0.29) is 10.7 Å². The summed E-state index contributed by atoms with van der Waals surface area (Å²) in [5.74, 6) is 0. The average molecular weight is 365 g/mol. The van der Waals surface area contributed by atoms with E-state index >= 15 is 0 Å². The summed E-state index contributed by atoms with van der Waals surface area (Å²) < 4.78 is 53.7. The van der Waals surface area contributed by atoms with Gasteiger partial charge >= 0.3 is 6.18 Å². The lowest BCUT2D eigenvalue weighted by Gasteiger charge is -2.29. The highest BCUT2D eigenvalue weighted by atomic mass is 35.5. The topological polar surface area (TPSA) is 48.0 Å². The molecule has 0 aliphatic carbocycles. The molecule has 0 bridgehead atoms. The molecule has 8 heteroatoms. The Hall–Kier alpha value is -1.02. The fraction of sp³-hybridized carbons (Fsp3) is 0.400. The number of benzene rings is 1. The quantitative estimate of drug-likeness (QED) is 0.642. The van der Waals surface area contributed by atoms with Crippen LogP contribution in [0.1, 0.15) is 32.4 Å². The molecule has 1 heterocycles. The highest BCUT2D eigenvalue weighted by Gasteiger charge is 2.45. The number of nitrogens with zero attached hydrogens (tertiary/aromatic N) is 1. The Labute approximate surface area is 140 Å². The molecule has 126 valence electrons. The maximum atomic E-state index is 13.4. The zero-order chi connectivity index (χ0) is 17.4. The molecule has 23 heavy (non-hydrogen) atoms. The Morgan fingerprint density at radius 2 is 1.83 bits per heavy atom. The molecule has 0 amide bonds. The molecule has 2 atom stereocenters. The van der Waals surface area contributed by atoms with Gasteiger partial charge in [-0.05, 0) is 43.9 Å². The molecular weight excluding hydrogens is 349 g/mol. The summed E-state index contributed by atoms with van der Waals surface area (Å²) in [4.78, 5) is 3.89. The predicted octanol–water partition coefficient (Wildman–Crippen LogP) is 4.54. The van der Waals surface area contributed by atoms with Crippen LogP contribution in [0.2, 0.25) is 5.15 Å². The number of alkyl halides is 3. The minimum atomic E-state index is -4.58. The summed E-state index contributed by atoms with van der Waals surface area (Å²) >= 11 is 3.93. The average Bonchev–Trinajstić information content (AvgIpc) is 2.41. The van der Waals surface area contributed by atoms with Crippen molar-refractivity contribution in [3.05, 3.63) is 41.2 Å². The summed E-state index contributed by atoms with van der Waals surface area (Å²) in [6.45, 7) is 4.82. The van der Waals surface area contributed by atoms with Gasteiger partial charge in [0.05, 0.1) is 0 Å². The van der Waals surface area contributed by atoms with Crippen LogP contribution in [0.15, 0.2) is 30.5 Å². The summed E-state index contributed by atoms with van der Waals surface area (Å²) in [6.07, 6.45) is -3.09. The zero-order valence-corrected chi connectivity index (χ0v) is 14.3. The number of hydrogen-bond donors (Lipinski definition) is 1. The van der Waals surface area contributed by atoms with E-state index in [9.17, 15) is 17.7 Å². The largest absolute Gasteiger partial charge is 0.598 e. The predicted molar refractivity (Wildman–Crippen MR) is 86.6 cm³/mol. The first-order valence-corrected chi connectivity index (χ1v) is 8.31. The first kappa shape index (κ1) is 18.3. The minimum absolute atomic E-state index is 0.0233. The molecule has 0 unspecified atom stereocenters. The van der Waals surface area contributed by atoms with Crippen molar-refractivity contribution >= 4 is 33.7 Å². The maximum Gasteiger partial charge on any atom is 0.412 e. The minimum Gasteiger partial charge on any atom is -0.598 e. The first-order valence-electron chi connectivity index (χ1n) is 6.78. The summed E-state index contributed by atoms with van der Waals surface area (Å²) in [7, 11) is 0. The van der Waals surface area contributed by atoms with Crippen LogP contribution in [-0.4, -0.2) is 20.5 Å². The van der Waals surface area contributed by atoms with Crippen LogP contribution in [-0.2, 0) is 11.4 Å². The molecular formula is C15H16ClF3N2OS. The normalized spacial score (nSPS) is 15.7. The second-order valence-corrected chi connectivity index (χ2v) is 8.47. The molecule has 0 saturated carbocycles. The van der Waals surface area contributed by atoms with Gasteiger partial charge in [0.25, 0.3) is 0 Å². The van der Waals surface area contributed by atoms with Gasteiger partial charge in [-0.2, -0.15) is 13.2 Å². The number of pyridine rings is 1. The SMILES string of the molecule is CC(C)(C)[S@@+]([O-])N[C@H](c1ccc2cnc(Cl)cc2c1)C(F)(F)F. The second-order valence-electron chi connectivity index (χ2n) is 6.09. The van der Waals surface area contributed by atoms with Gasteiger partial charge in [-0.3, -0.25) is 0 Å². The molecule has 0 saturated heterocycles. The van der Waals surface area contributed by atoms with Gasteiger partial charge in [0.1, 0.15) is 9.90 Å². The van der Waals surface area contributed by atoms with Crippen LogP contribution in [0.3, 0.4) is 0 Å². The van der Waals surface area contributed by atoms with Crippen LogP contribution >= 0.6 is 11.6 Å². The Balaban J connectivity index is 2.43. The Kier molecular flexibility index (Phi) is 5.15. The third-order valence-electron chi connectivity index (χ3n) is 3.15. The number of rotatable bonds is 3. The van der Waals surface area contributed by atoms with E-state index < -0.39 is 28.3 Å². The molecule has 2 aromatic rings. The van der Waals surface area contributed by atoms with Crippen molar-refractivity contribution in [2.45, 2.75) is 37.7 Å². The highest BCUT2D eigenvalue weighted by molar-refractivity contribution is 7.90. The maximum absolute atomic E-state index is 13.4. The molecule has 3 nitrogen and oxygen atoms in total. The van der Waals surface area contributed by atoms with E-state index in [1.807, 2.05) is 0 Å².